The van der Waals surface area contributed by atoms with Crippen molar-refractivity contribution in [2.45, 2.75) is 58.9 Å². The molecule has 1 rings (SSSR count). The van der Waals surface area contributed by atoms with E-state index >= 15 is 0 Å². The van der Waals surface area contributed by atoms with Crippen LogP contribution in [-0.4, -0.2) is 29.8 Å². The summed E-state index contributed by atoms with van der Waals surface area (Å²) in [5.41, 5.74) is 0. The maximum Gasteiger partial charge on any atom is 0.135 e. The molecule has 0 N–H and O–H groups in total. The molecule has 2 heteroatoms. The van der Waals surface area contributed by atoms with Gasteiger partial charge >= 0.3 is 0 Å². The molecular weight excluding hydrogens is 186 g/mol. The molecule has 15 heavy (non-hydrogen) atoms. The molecule has 0 saturated carbocycles. The first-order valence-electron chi connectivity index (χ1n) is 6.35. The minimum absolute atomic E-state index is 0.445. The Kier molecular flexibility index (Phi) is 5.30. The fourth-order valence-corrected chi connectivity index (χ4v) is 2.22. The summed E-state index contributed by atoms with van der Waals surface area (Å²) < 4.78 is 0. The van der Waals surface area contributed by atoms with Gasteiger partial charge in [-0.05, 0) is 19.3 Å². The molecule has 1 atom stereocenters. The quantitative estimate of drug-likeness (QED) is 0.697. The van der Waals surface area contributed by atoms with Gasteiger partial charge in [-0.1, -0.05) is 26.7 Å². The molecule has 1 aliphatic rings. The number of hydrogen-bond donors (Lipinski definition) is 0. The van der Waals surface area contributed by atoms with Gasteiger partial charge in [-0.25, -0.2) is 0 Å². The number of likely N-dealkylation sites (tertiary alicyclic amines) is 1. The van der Waals surface area contributed by atoms with Gasteiger partial charge in [0.25, 0.3) is 0 Å². The van der Waals surface area contributed by atoms with Crippen molar-refractivity contribution in [2.75, 3.05) is 13.1 Å². The maximum atomic E-state index is 11.1. The van der Waals surface area contributed by atoms with Crippen LogP contribution < -0.4 is 0 Å². The Morgan fingerprint density at radius 2 is 1.73 bits per heavy atom. The standard InChI is InChI=1S/C13H25NO/c1-11(2)5-4-6-12(3)14-9-7-13(15)8-10-14/h11-12H,4-10H2,1-3H3. The Morgan fingerprint density at radius 3 is 2.27 bits per heavy atom. The maximum absolute atomic E-state index is 11.1. The topological polar surface area (TPSA) is 20.3 Å². The van der Waals surface area contributed by atoms with E-state index in [-0.39, 0.29) is 0 Å². The first kappa shape index (κ1) is 12.7. The molecule has 0 amide bonds. The van der Waals surface area contributed by atoms with Crippen LogP contribution in [0.4, 0.5) is 0 Å². The van der Waals surface area contributed by atoms with E-state index in [1.54, 1.807) is 0 Å². The lowest BCUT2D eigenvalue weighted by Gasteiger charge is -2.31. The highest BCUT2D eigenvalue weighted by Crippen LogP contribution is 2.15. The number of carbonyl (C=O) groups excluding carboxylic acids is 1. The number of nitrogens with zero attached hydrogens (tertiary/aromatic N) is 1. The SMILES string of the molecule is CC(C)CCCC(C)N1CCC(=O)CC1. The minimum atomic E-state index is 0.445. The molecule has 1 aliphatic heterocycles. The van der Waals surface area contributed by atoms with E-state index in [2.05, 4.69) is 25.7 Å². The molecule has 1 heterocycles. The zero-order valence-electron chi connectivity index (χ0n) is 10.5. The molecule has 2 nitrogen and oxygen atoms in total. The Bertz CT molecular complexity index is 191. The van der Waals surface area contributed by atoms with E-state index in [9.17, 15) is 4.79 Å². The third kappa shape index (κ3) is 4.78. The van der Waals surface area contributed by atoms with Crippen LogP contribution in [0.15, 0.2) is 0 Å². The van der Waals surface area contributed by atoms with E-state index in [4.69, 9.17) is 0 Å². The zero-order chi connectivity index (χ0) is 11.3. The van der Waals surface area contributed by atoms with E-state index < -0.39 is 0 Å². The summed E-state index contributed by atoms with van der Waals surface area (Å²) in [5.74, 6) is 1.26. The summed E-state index contributed by atoms with van der Waals surface area (Å²) in [6, 6.07) is 0.664. The average Bonchev–Trinajstić information content (AvgIpc) is 2.18. The number of carbonyl (C=O) groups is 1. The number of Topliss-reactive ketones (excluding diaryl/α,β-unsaturated/α-hetero) is 1. The van der Waals surface area contributed by atoms with Gasteiger partial charge in [-0.15, -0.1) is 0 Å². The lowest BCUT2D eigenvalue weighted by molar-refractivity contribution is -0.121. The molecule has 1 saturated heterocycles. The van der Waals surface area contributed by atoms with Crippen LogP contribution in [0.25, 0.3) is 0 Å². The first-order chi connectivity index (χ1) is 7.09. The molecule has 0 spiro atoms. The predicted molar refractivity (Wildman–Crippen MR) is 64.0 cm³/mol. The Morgan fingerprint density at radius 1 is 1.13 bits per heavy atom. The average molecular weight is 211 g/mol. The number of rotatable bonds is 5. The van der Waals surface area contributed by atoms with E-state index in [0.29, 0.717) is 11.8 Å². The Hall–Kier alpha value is -0.370. The normalized spacial score (nSPS) is 20.9. The van der Waals surface area contributed by atoms with Gasteiger partial charge in [-0.3, -0.25) is 9.69 Å². The number of ketones is 1. The van der Waals surface area contributed by atoms with Gasteiger partial charge in [-0.2, -0.15) is 0 Å². The van der Waals surface area contributed by atoms with E-state index in [0.717, 1.165) is 31.8 Å². The van der Waals surface area contributed by atoms with E-state index in [1.807, 2.05) is 0 Å². The molecule has 0 bridgehead atoms. The van der Waals surface area contributed by atoms with Gasteiger partial charge in [0.1, 0.15) is 5.78 Å². The van der Waals surface area contributed by atoms with Crippen LogP contribution in [-0.2, 0) is 4.79 Å². The van der Waals surface area contributed by atoms with Crippen molar-refractivity contribution >= 4 is 5.78 Å². The highest BCUT2D eigenvalue weighted by molar-refractivity contribution is 5.79. The molecule has 0 radical (unpaired) electrons. The van der Waals surface area contributed by atoms with Gasteiger partial charge in [0.2, 0.25) is 0 Å². The van der Waals surface area contributed by atoms with Crippen LogP contribution >= 0.6 is 0 Å². The predicted octanol–water partition coefficient (Wildman–Crippen LogP) is 2.87. The summed E-state index contributed by atoms with van der Waals surface area (Å²) in [7, 11) is 0. The van der Waals surface area contributed by atoms with Crippen molar-refractivity contribution in [1.29, 1.82) is 0 Å². The van der Waals surface area contributed by atoms with Crippen LogP contribution in [0.2, 0.25) is 0 Å². The number of piperidine rings is 1. The van der Waals surface area contributed by atoms with E-state index in [1.165, 1.54) is 19.3 Å². The highest BCUT2D eigenvalue weighted by Gasteiger charge is 2.20. The van der Waals surface area contributed by atoms with Gasteiger partial charge in [0.05, 0.1) is 0 Å². The summed E-state index contributed by atoms with van der Waals surface area (Å²) >= 11 is 0. The minimum Gasteiger partial charge on any atom is -0.300 e. The second-order valence-corrected chi connectivity index (χ2v) is 5.25. The third-order valence-electron chi connectivity index (χ3n) is 3.38. The highest BCUT2D eigenvalue weighted by atomic mass is 16.1. The summed E-state index contributed by atoms with van der Waals surface area (Å²) in [4.78, 5) is 13.6. The van der Waals surface area contributed by atoms with Crippen LogP contribution in [0.1, 0.15) is 52.9 Å². The molecular formula is C13H25NO. The Labute approximate surface area is 94.0 Å². The monoisotopic (exact) mass is 211 g/mol. The Balaban J connectivity index is 2.16. The van der Waals surface area contributed by atoms with Crippen molar-refractivity contribution in [2.24, 2.45) is 5.92 Å². The third-order valence-corrected chi connectivity index (χ3v) is 3.38. The lowest BCUT2D eigenvalue weighted by atomic mass is 10.0. The molecule has 0 aliphatic carbocycles. The van der Waals surface area contributed by atoms with Gasteiger partial charge in [0.15, 0.2) is 0 Å². The zero-order valence-corrected chi connectivity index (χ0v) is 10.5. The second-order valence-electron chi connectivity index (χ2n) is 5.25. The smallest absolute Gasteiger partial charge is 0.135 e. The summed E-state index contributed by atoms with van der Waals surface area (Å²) in [6.45, 7) is 8.84. The molecule has 88 valence electrons. The molecule has 0 aromatic rings. The fraction of sp³-hybridized carbons (Fsp3) is 0.923. The first-order valence-corrected chi connectivity index (χ1v) is 6.35. The summed E-state index contributed by atoms with van der Waals surface area (Å²) in [6.07, 6.45) is 5.48. The van der Waals surface area contributed by atoms with Crippen LogP contribution in [0, 0.1) is 5.92 Å². The summed E-state index contributed by atoms with van der Waals surface area (Å²) in [5, 5.41) is 0. The van der Waals surface area contributed by atoms with Gasteiger partial charge < -0.3 is 0 Å². The lowest BCUT2D eigenvalue weighted by Crippen LogP contribution is -2.40. The number of hydrogen-bond acceptors (Lipinski definition) is 2. The fourth-order valence-electron chi connectivity index (χ4n) is 2.22. The van der Waals surface area contributed by atoms with Gasteiger partial charge in [0, 0.05) is 32.0 Å². The second kappa shape index (κ2) is 6.26. The molecule has 0 aromatic carbocycles. The van der Waals surface area contributed by atoms with Crippen molar-refractivity contribution in [3.05, 3.63) is 0 Å². The largest absolute Gasteiger partial charge is 0.300 e. The van der Waals surface area contributed by atoms with Crippen molar-refractivity contribution < 1.29 is 4.79 Å². The van der Waals surface area contributed by atoms with Crippen LogP contribution in [0.3, 0.4) is 0 Å². The molecule has 1 fully saturated rings. The van der Waals surface area contributed by atoms with Crippen LogP contribution in [0.5, 0.6) is 0 Å². The van der Waals surface area contributed by atoms with Crippen molar-refractivity contribution in [3.8, 4) is 0 Å². The van der Waals surface area contributed by atoms with Crippen molar-refractivity contribution in [3.63, 3.8) is 0 Å². The molecule has 1 unspecified atom stereocenters. The van der Waals surface area contributed by atoms with Crippen molar-refractivity contribution in [1.82, 2.24) is 4.90 Å². The molecule has 0 aromatic heterocycles.